The average Bonchev–Trinajstić information content (AvgIpc) is 2.73. The van der Waals surface area contributed by atoms with Gasteiger partial charge in [0.2, 0.25) is 0 Å². The molecule has 0 radical (unpaired) electrons. The zero-order chi connectivity index (χ0) is 13.8. The van der Waals surface area contributed by atoms with Crippen molar-refractivity contribution in [2.75, 3.05) is 5.32 Å². The molecule has 1 heterocycles. The summed E-state index contributed by atoms with van der Waals surface area (Å²) >= 11 is 0. The smallest absolute Gasteiger partial charge is 0.0933 e. The zero-order valence-corrected chi connectivity index (χ0v) is 12.3. The van der Waals surface area contributed by atoms with Gasteiger partial charge in [0.15, 0.2) is 0 Å². The highest BCUT2D eigenvalue weighted by Gasteiger charge is 2.18. The van der Waals surface area contributed by atoms with E-state index in [4.69, 9.17) is 0 Å². The summed E-state index contributed by atoms with van der Waals surface area (Å²) in [5.74, 6) is 0.937. The van der Waals surface area contributed by atoms with Crippen molar-refractivity contribution in [1.82, 2.24) is 4.98 Å². The Morgan fingerprint density at radius 1 is 1.10 bits per heavy atom. The lowest BCUT2D eigenvalue weighted by atomic mass is 9.98. The molecule has 2 atom stereocenters. The molecule has 2 unspecified atom stereocenters. The van der Waals surface area contributed by atoms with Crippen molar-refractivity contribution in [2.24, 2.45) is 5.92 Å². The van der Waals surface area contributed by atoms with E-state index in [0.29, 0.717) is 6.04 Å². The molecule has 1 aromatic heterocycles. The van der Waals surface area contributed by atoms with E-state index in [1.807, 2.05) is 12.3 Å². The molecule has 1 aromatic carbocycles. The van der Waals surface area contributed by atoms with Crippen LogP contribution in [0.4, 0.5) is 5.69 Å². The summed E-state index contributed by atoms with van der Waals surface area (Å²) in [7, 11) is 0. The van der Waals surface area contributed by atoms with Gasteiger partial charge in [-0.1, -0.05) is 44.4 Å². The van der Waals surface area contributed by atoms with Crippen LogP contribution in [0.5, 0.6) is 0 Å². The van der Waals surface area contributed by atoms with Crippen LogP contribution in [0.3, 0.4) is 0 Å². The van der Waals surface area contributed by atoms with Crippen molar-refractivity contribution in [2.45, 2.75) is 51.5 Å². The molecule has 0 amide bonds. The van der Waals surface area contributed by atoms with E-state index in [-0.39, 0.29) is 0 Å². The van der Waals surface area contributed by atoms with Gasteiger partial charge in [-0.25, -0.2) is 0 Å². The van der Waals surface area contributed by atoms with Crippen LogP contribution in [-0.4, -0.2) is 11.0 Å². The fourth-order valence-electron chi connectivity index (χ4n) is 3.37. The van der Waals surface area contributed by atoms with Crippen molar-refractivity contribution in [3.05, 3.63) is 36.5 Å². The average molecular weight is 268 g/mol. The largest absolute Gasteiger partial charge is 0.381 e. The molecule has 1 aliphatic carbocycles. The fourth-order valence-corrected chi connectivity index (χ4v) is 3.37. The van der Waals surface area contributed by atoms with Crippen molar-refractivity contribution in [3.63, 3.8) is 0 Å². The summed E-state index contributed by atoms with van der Waals surface area (Å²) in [6.07, 6.45) is 9.93. The SMILES string of the molecule is CCC1CCCC(Nc2cccc3cccnc23)CC1. The molecule has 1 aliphatic rings. The van der Waals surface area contributed by atoms with Crippen molar-refractivity contribution in [1.29, 1.82) is 0 Å². The van der Waals surface area contributed by atoms with Crippen molar-refractivity contribution >= 4 is 16.6 Å². The van der Waals surface area contributed by atoms with Crippen LogP contribution in [0.15, 0.2) is 36.5 Å². The van der Waals surface area contributed by atoms with Gasteiger partial charge in [-0.05, 0) is 37.3 Å². The molecule has 1 saturated carbocycles. The topological polar surface area (TPSA) is 24.9 Å². The number of benzene rings is 1. The minimum absolute atomic E-state index is 0.610. The number of nitrogens with one attached hydrogen (secondary N) is 1. The summed E-state index contributed by atoms with van der Waals surface area (Å²) in [4.78, 5) is 4.54. The van der Waals surface area contributed by atoms with E-state index in [9.17, 15) is 0 Å². The third-order valence-electron chi connectivity index (χ3n) is 4.66. The van der Waals surface area contributed by atoms with Crippen molar-refractivity contribution < 1.29 is 0 Å². The van der Waals surface area contributed by atoms with Gasteiger partial charge in [0.05, 0.1) is 11.2 Å². The van der Waals surface area contributed by atoms with Gasteiger partial charge in [0, 0.05) is 17.6 Å². The summed E-state index contributed by atoms with van der Waals surface area (Å²) in [5, 5.41) is 4.97. The van der Waals surface area contributed by atoms with Crippen LogP contribution in [0.2, 0.25) is 0 Å². The quantitative estimate of drug-likeness (QED) is 0.792. The molecule has 20 heavy (non-hydrogen) atoms. The molecule has 0 saturated heterocycles. The van der Waals surface area contributed by atoms with Crippen LogP contribution < -0.4 is 5.32 Å². The first-order valence-corrected chi connectivity index (χ1v) is 7.97. The van der Waals surface area contributed by atoms with E-state index in [0.717, 1.165) is 11.4 Å². The lowest BCUT2D eigenvalue weighted by Crippen LogP contribution is -2.18. The Morgan fingerprint density at radius 2 is 2.00 bits per heavy atom. The first-order valence-electron chi connectivity index (χ1n) is 7.97. The van der Waals surface area contributed by atoms with E-state index in [1.165, 1.54) is 49.6 Å². The second kappa shape index (κ2) is 6.25. The van der Waals surface area contributed by atoms with Crippen molar-refractivity contribution in [3.8, 4) is 0 Å². The number of aromatic nitrogens is 1. The highest BCUT2D eigenvalue weighted by molar-refractivity contribution is 5.90. The number of hydrogen-bond acceptors (Lipinski definition) is 2. The maximum Gasteiger partial charge on any atom is 0.0933 e. The Bertz CT molecular complexity index is 559. The molecule has 106 valence electrons. The van der Waals surface area contributed by atoms with Crippen LogP contribution >= 0.6 is 0 Å². The van der Waals surface area contributed by atoms with Crippen LogP contribution in [-0.2, 0) is 0 Å². The van der Waals surface area contributed by atoms with Crippen LogP contribution in [0.1, 0.15) is 45.4 Å². The summed E-state index contributed by atoms with van der Waals surface area (Å²) in [6, 6.07) is 11.2. The van der Waals surface area contributed by atoms with Gasteiger partial charge in [-0.3, -0.25) is 4.98 Å². The standard InChI is InChI=1S/C18H24N2/c1-2-14-6-3-9-16(12-11-14)20-17-10-4-7-15-8-5-13-19-18(15)17/h4-5,7-8,10,13-14,16,20H,2-3,6,9,11-12H2,1H3. The molecule has 1 N–H and O–H groups in total. The minimum Gasteiger partial charge on any atom is -0.381 e. The molecule has 2 aromatic rings. The highest BCUT2D eigenvalue weighted by atomic mass is 14.9. The number of rotatable bonds is 3. The minimum atomic E-state index is 0.610. The number of para-hydroxylation sites is 1. The molecule has 1 fully saturated rings. The molecule has 0 bridgehead atoms. The number of fused-ring (bicyclic) bond motifs is 1. The van der Waals surface area contributed by atoms with Gasteiger partial charge in [-0.15, -0.1) is 0 Å². The summed E-state index contributed by atoms with van der Waals surface area (Å²) in [5.41, 5.74) is 2.30. The lowest BCUT2D eigenvalue weighted by Gasteiger charge is -2.19. The lowest BCUT2D eigenvalue weighted by molar-refractivity contribution is 0.444. The first kappa shape index (κ1) is 13.4. The fraction of sp³-hybridized carbons (Fsp3) is 0.500. The zero-order valence-electron chi connectivity index (χ0n) is 12.3. The molecular weight excluding hydrogens is 244 g/mol. The molecule has 2 nitrogen and oxygen atoms in total. The van der Waals surface area contributed by atoms with Gasteiger partial charge in [0.1, 0.15) is 0 Å². The van der Waals surface area contributed by atoms with Gasteiger partial charge in [-0.2, -0.15) is 0 Å². The maximum atomic E-state index is 4.54. The third kappa shape index (κ3) is 2.95. The molecule has 2 heteroatoms. The predicted molar refractivity (Wildman–Crippen MR) is 86.0 cm³/mol. The molecule has 0 aliphatic heterocycles. The summed E-state index contributed by atoms with van der Waals surface area (Å²) < 4.78 is 0. The third-order valence-corrected chi connectivity index (χ3v) is 4.66. The first-order chi connectivity index (χ1) is 9.86. The second-order valence-corrected chi connectivity index (χ2v) is 6.00. The number of nitrogens with zero attached hydrogens (tertiary/aromatic N) is 1. The Kier molecular flexibility index (Phi) is 4.19. The van der Waals surface area contributed by atoms with Gasteiger partial charge < -0.3 is 5.32 Å². The molecule has 0 spiro atoms. The maximum absolute atomic E-state index is 4.54. The predicted octanol–water partition coefficient (Wildman–Crippen LogP) is 5.01. The van der Waals surface area contributed by atoms with E-state index in [1.54, 1.807) is 0 Å². The number of anilines is 1. The number of pyridine rings is 1. The van der Waals surface area contributed by atoms with E-state index in [2.05, 4.69) is 41.5 Å². The summed E-state index contributed by atoms with van der Waals surface area (Å²) in [6.45, 7) is 2.33. The van der Waals surface area contributed by atoms with Gasteiger partial charge in [0.25, 0.3) is 0 Å². The second-order valence-electron chi connectivity index (χ2n) is 6.00. The number of hydrogen-bond donors (Lipinski definition) is 1. The Hall–Kier alpha value is -1.57. The Morgan fingerprint density at radius 3 is 2.90 bits per heavy atom. The van der Waals surface area contributed by atoms with Crippen LogP contribution in [0, 0.1) is 5.92 Å². The Labute approximate surface area is 121 Å². The molecular formula is C18H24N2. The normalized spacial score (nSPS) is 23.4. The van der Waals surface area contributed by atoms with Gasteiger partial charge >= 0.3 is 0 Å². The molecule has 3 rings (SSSR count). The monoisotopic (exact) mass is 268 g/mol. The van der Waals surface area contributed by atoms with Crippen LogP contribution in [0.25, 0.3) is 10.9 Å². The van der Waals surface area contributed by atoms with E-state index < -0.39 is 0 Å². The Balaban J connectivity index is 1.76. The van der Waals surface area contributed by atoms with E-state index >= 15 is 0 Å². The highest BCUT2D eigenvalue weighted by Crippen LogP contribution is 2.29.